The lowest BCUT2D eigenvalue weighted by molar-refractivity contribution is -0.138. The quantitative estimate of drug-likeness (QED) is 0.728. The highest BCUT2D eigenvalue weighted by Crippen LogP contribution is 2.35. The van der Waals surface area contributed by atoms with E-state index in [2.05, 4.69) is 26.2 Å². The van der Waals surface area contributed by atoms with E-state index in [0.29, 0.717) is 6.07 Å². The van der Waals surface area contributed by atoms with Gasteiger partial charge in [0.25, 0.3) is 5.91 Å². The summed E-state index contributed by atoms with van der Waals surface area (Å²) in [5.74, 6) is -0.757. The van der Waals surface area contributed by atoms with Crippen LogP contribution in [0.15, 0.2) is 10.7 Å². The van der Waals surface area contributed by atoms with Crippen LogP contribution in [0.25, 0.3) is 0 Å². The molecule has 1 unspecified atom stereocenters. The van der Waals surface area contributed by atoms with Gasteiger partial charge in [-0.1, -0.05) is 0 Å². The Morgan fingerprint density at radius 2 is 2.21 bits per heavy atom. The van der Waals surface area contributed by atoms with Crippen LogP contribution in [-0.4, -0.2) is 28.6 Å². The first-order chi connectivity index (χ1) is 8.62. The lowest BCUT2D eigenvalue weighted by Gasteiger charge is -2.12. The number of carbonyl (C=O) groups is 1. The number of aliphatic hydroxyl groups excluding tert-OH is 1. The summed E-state index contributed by atoms with van der Waals surface area (Å²) in [4.78, 5) is 15.1. The number of pyridine rings is 1. The Kier molecular flexibility index (Phi) is 4.75. The fraction of sp³-hybridized carbons (Fsp3) is 0.400. The molecular weight excluding hydrogens is 331 g/mol. The Hall–Kier alpha value is -1.35. The van der Waals surface area contributed by atoms with Crippen molar-refractivity contribution in [2.24, 2.45) is 0 Å². The number of amides is 1. The summed E-state index contributed by atoms with van der Waals surface area (Å²) in [7, 11) is 0. The molecule has 0 aliphatic rings. The maximum atomic E-state index is 12.6. The van der Waals surface area contributed by atoms with Crippen LogP contribution in [0.3, 0.4) is 0 Å². The lowest BCUT2D eigenvalue weighted by atomic mass is 10.2. The van der Waals surface area contributed by atoms with E-state index >= 15 is 0 Å². The fourth-order valence-electron chi connectivity index (χ4n) is 1.21. The number of anilines is 1. The summed E-state index contributed by atoms with van der Waals surface area (Å²) in [5.41, 5.74) is 3.61. The molecule has 1 aromatic heterocycles. The van der Waals surface area contributed by atoms with E-state index in [1.807, 2.05) is 0 Å². The molecule has 0 radical (unpaired) electrons. The van der Waals surface area contributed by atoms with E-state index in [4.69, 9.17) is 10.8 Å². The molecule has 1 amide bonds. The molecule has 4 N–H and O–H groups in total. The van der Waals surface area contributed by atoms with Gasteiger partial charge >= 0.3 is 6.18 Å². The molecule has 1 heterocycles. The van der Waals surface area contributed by atoms with Gasteiger partial charge < -0.3 is 16.2 Å². The van der Waals surface area contributed by atoms with Gasteiger partial charge in [0.15, 0.2) is 5.69 Å². The van der Waals surface area contributed by atoms with Crippen LogP contribution in [0.5, 0.6) is 0 Å². The molecule has 19 heavy (non-hydrogen) atoms. The molecule has 0 saturated heterocycles. The number of nitrogen functional groups attached to an aromatic ring is 1. The molecule has 0 spiro atoms. The van der Waals surface area contributed by atoms with E-state index in [1.54, 1.807) is 0 Å². The molecule has 9 heteroatoms. The smallest absolute Gasteiger partial charge is 0.397 e. The van der Waals surface area contributed by atoms with E-state index in [0.717, 1.165) is 0 Å². The zero-order chi connectivity index (χ0) is 14.8. The zero-order valence-corrected chi connectivity index (χ0v) is 11.3. The van der Waals surface area contributed by atoms with Crippen LogP contribution in [0, 0.1) is 0 Å². The molecule has 0 bridgehead atoms. The maximum absolute atomic E-state index is 12.6. The number of hydrogen-bond donors (Lipinski definition) is 3. The van der Waals surface area contributed by atoms with Gasteiger partial charge in [0.1, 0.15) is 4.60 Å². The normalized spacial score (nSPS) is 13.2. The van der Waals surface area contributed by atoms with Crippen molar-refractivity contribution in [3.63, 3.8) is 0 Å². The van der Waals surface area contributed by atoms with Crippen molar-refractivity contribution >= 4 is 27.5 Å². The summed E-state index contributed by atoms with van der Waals surface area (Å²) >= 11 is 2.65. The highest BCUT2D eigenvalue weighted by molar-refractivity contribution is 9.10. The lowest BCUT2D eigenvalue weighted by Crippen LogP contribution is -2.32. The summed E-state index contributed by atoms with van der Waals surface area (Å²) in [6, 6.07) is 0.633. The summed E-state index contributed by atoms with van der Waals surface area (Å²) in [6.07, 6.45) is -5.41. The average molecular weight is 342 g/mol. The number of hydrogen-bond acceptors (Lipinski definition) is 4. The van der Waals surface area contributed by atoms with Crippen molar-refractivity contribution in [3.8, 4) is 0 Å². The fourth-order valence-corrected chi connectivity index (χ4v) is 1.73. The van der Waals surface area contributed by atoms with Gasteiger partial charge in [-0.15, -0.1) is 0 Å². The predicted octanol–water partition coefficient (Wildman–Crippen LogP) is 1.56. The van der Waals surface area contributed by atoms with Crippen molar-refractivity contribution in [2.45, 2.75) is 19.2 Å². The van der Waals surface area contributed by atoms with Gasteiger partial charge in [-0.25, -0.2) is 4.98 Å². The molecule has 106 valence electrons. The Balaban J connectivity index is 3.05. The molecule has 1 rings (SSSR count). The number of nitrogens with two attached hydrogens (primary N) is 1. The summed E-state index contributed by atoms with van der Waals surface area (Å²) in [5, 5.41) is 11.3. The average Bonchev–Trinajstić information content (AvgIpc) is 2.27. The minimum absolute atomic E-state index is 0.0569. The Morgan fingerprint density at radius 3 is 2.68 bits per heavy atom. The third-order valence-corrected chi connectivity index (χ3v) is 2.69. The monoisotopic (exact) mass is 341 g/mol. The molecule has 5 nitrogen and oxygen atoms in total. The van der Waals surface area contributed by atoms with Crippen LogP contribution in [0.2, 0.25) is 0 Å². The maximum Gasteiger partial charge on any atom is 0.419 e. The van der Waals surface area contributed by atoms with Crippen molar-refractivity contribution in [3.05, 3.63) is 21.9 Å². The first kappa shape index (κ1) is 15.7. The summed E-state index contributed by atoms with van der Waals surface area (Å²) in [6.45, 7) is 1.39. The van der Waals surface area contributed by atoms with Gasteiger partial charge in [-0.3, -0.25) is 4.79 Å². The van der Waals surface area contributed by atoms with Crippen LogP contribution < -0.4 is 11.1 Å². The molecule has 0 aromatic carbocycles. The van der Waals surface area contributed by atoms with Crippen LogP contribution >= 0.6 is 15.9 Å². The Bertz CT molecular complexity index is 492. The highest BCUT2D eigenvalue weighted by Gasteiger charge is 2.35. The van der Waals surface area contributed by atoms with E-state index in [-0.39, 0.29) is 12.2 Å². The van der Waals surface area contributed by atoms with E-state index in [9.17, 15) is 18.0 Å². The second-order valence-corrected chi connectivity index (χ2v) is 4.57. The number of rotatable bonds is 3. The Labute approximate surface area is 115 Å². The highest BCUT2D eigenvalue weighted by atomic mass is 79.9. The molecule has 1 aromatic rings. The number of nitrogens with zero attached hydrogens (tertiary/aromatic N) is 1. The van der Waals surface area contributed by atoms with Gasteiger partial charge in [0.2, 0.25) is 0 Å². The molecule has 0 saturated carbocycles. The van der Waals surface area contributed by atoms with Gasteiger partial charge in [-0.2, -0.15) is 13.2 Å². The number of aromatic nitrogens is 1. The number of carbonyl (C=O) groups excluding carboxylic acids is 1. The minimum atomic E-state index is -4.62. The molecule has 0 fully saturated rings. The number of alkyl halides is 3. The Morgan fingerprint density at radius 1 is 1.63 bits per heavy atom. The van der Waals surface area contributed by atoms with Gasteiger partial charge in [0.05, 0.1) is 17.4 Å². The third kappa shape index (κ3) is 4.06. The number of halogens is 4. The van der Waals surface area contributed by atoms with Crippen LogP contribution in [0.4, 0.5) is 18.9 Å². The molecular formula is C10H11BrF3N3O2. The molecule has 0 aliphatic carbocycles. The predicted molar refractivity (Wildman–Crippen MR) is 65.4 cm³/mol. The second-order valence-electron chi connectivity index (χ2n) is 3.82. The number of aliphatic hydroxyl groups is 1. The van der Waals surface area contributed by atoms with E-state index in [1.165, 1.54) is 6.92 Å². The number of nitrogens with one attached hydrogen (secondary N) is 1. The topological polar surface area (TPSA) is 88.2 Å². The first-order valence-electron chi connectivity index (χ1n) is 5.12. The third-order valence-electron chi connectivity index (χ3n) is 2.08. The van der Waals surface area contributed by atoms with Crippen molar-refractivity contribution in [1.29, 1.82) is 0 Å². The van der Waals surface area contributed by atoms with E-state index < -0.39 is 34.0 Å². The van der Waals surface area contributed by atoms with Gasteiger partial charge in [0, 0.05) is 6.54 Å². The molecule has 0 aliphatic heterocycles. The SMILES string of the molecule is CC(O)CNC(=O)c1nc(Br)c(C(F)(F)F)cc1N. The second kappa shape index (κ2) is 5.74. The van der Waals surface area contributed by atoms with Crippen LogP contribution in [0.1, 0.15) is 23.0 Å². The summed E-state index contributed by atoms with van der Waals surface area (Å²) < 4.78 is 37.2. The van der Waals surface area contributed by atoms with Crippen molar-refractivity contribution < 1.29 is 23.1 Å². The van der Waals surface area contributed by atoms with Crippen molar-refractivity contribution in [2.75, 3.05) is 12.3 Å². The minimum Gasteiger partial charge on any atom is -0.397 e. The largest absolute Gasteiger partial charge is 0.419 e. The zero-order valence-electron chi connectivity index (χ0n) is 9.75. The first-order valence-corrected chi connectivity index (χ1v) is 5.91. The molecule has 1 atom stereocenters. The van der Waals surface area contributed by atoms with Crippen LogP contribution in [-0.2, 0) is 6.18 Å². The van der Waals surface area contributed by atoms with Gasteiger partial charge in [-0.05, 0) is 28.9 Å². The standard InChI is InChI=1S/C10H11BrF3N3O2/c1-4(18)3-16-9(19)7-6(15)2-5(8(11)17-7)10(12,13)14/h2,4,18H,3,15H2,1H3,(H,16,19). The van der Waals surface area contributed by atoms with Crippen molar-refractivity contribution in [1.82, 2.24) is 10.3 Å².